The van der Waals surface area contributed by atoms with Gasteiger partial charge in [0.1, 0.15) is 23.0 Å². The van der Waals surface area contributed by atoms with Crippen molar-refractivity contribution < 1.29 is 19.1 Å². The molecule has 2 aliphatic heterocycles. The minimum atomic E-state index is -0.429. The van der Waals surface area contributed by atoms with Crippen LogP contribution in [0, 0.1) is 5.82 Å². The van der Waals surface area contributed by atoms with Crippen LogP contribution in [0.4, 0.5) is 4.39 Å². The number of hydrogen-bond acceptors (Lipinski definition) is 6. The Bertz CT molecular complexity index is 1300. The van der Waals surface area contributed by atoms with Gasteiger partial charge in [0.25, 0.3) is 5.91 Å². The monoisotopic (exact) mass is 562 g/mol. The number of aromatic nitrogens is 1. The van der Waals surface area contributed by atoms with E-state index < -0.39 is 5.82 Å². The molecule has 0 radical (unpaired) electrons. The lowest BCUT2D eigenvalue weighted by Crippen LogP contribution is -2.43. The van der Waals surface area contributed by atoms with E-state index in [-0.39, 0.29) is 11.9 Å². The number of amides is 1. The predicted octanol–water partition coefficient (Wildman–Crippen LogP) is 6.66. The molecule has 1 amide bonds. The number of rotatable bonds is 6. The summed E-state index contributed by atoms with van der Waals surface area (Å²) >= 11 is 0. The fraction of sp³-hybridized carbons (Fsp3) is 0.394. The summed E-state index contributed by atoms with van der Waals surface area (Å²) in [4.78, 5) is 36.9. The van der Waals surface area contributed by atoms with Crippen molar-refractivity contribution in [3.63, 3.8) is 0 Å². The Balaban J connectivity index is 0.00000141. The summed E-state index contributed by atoms with van der Waals surface area (Å²) in [7, 11) is 2.89. The molecule has 7 nitrogen and oxygen atoms in total. The normalized spacial score (nSPS) is 17.7. The first-order valence-corrected chi connectivity index (χ1v) is 14.2. The Kier molecular flexibility index (Phi) is 13.3. The maximum atomic E-state index is 15.2. The quantitative estimate of drug-likeness (QED) is 0.398. The third-order valence-corrected chi connectivity index (χ3v) is 7.07. The van der Waals surface area contributed by atoms with Gasteiger partial charge in [0.2, 0.25) is 0 Å². The average molecular weight is 563 g/mol. The molecular weight excluding hydrogens is 519 g/mol. The Morgan fingerprint density at radius 2 is 1.85 bits per heavy atom. The van der Waals surface area contributed by atoms with Crippen LogP contribution in [0.5, 0.6) is 0 Å². The number of aldehydes is 1. The molecular formula is C33H43FN4O3. The van der Waals surface area contributed by atoms with Crippen molar-refractivity contribution in [2.45, 2.75) is 65.8 Å². The highest BCUT2D eigenvalue weighted by atomic mass is 19.1. The molecule has 0 aliphatic carbocycles. The molecule has 1 saturated heterocycles. The molecule has 41 heavy (non-hydrogen) atoms. The summed E-state index contributed by atoms with van der Waals surface area (Å²) in [5.41, 5.74) is 3.85. The summed E-state index contributed by atoms with van der Waals surface area (Å²) in [6.45, 7) is 13.0. The average Bonchev–Trinajstić information content (AvgIpc) is 3.23. The number of aliphatic imine (C=N–C) groups is 1. The number of benzene rings is 1. The van der Waals surface area contributed by atoms with Gasteiger partial charge in [-0.2, -0.15) is 0 Å². The summed E-state index contributed by atoms with van der Waals surface area (Å²) in [6.07, 6.45) is 10.8. The Morgan fingerprint density at radius 1 is 1.15 bits per heavy atom. The second-order valence-electron chi connectivity index (χ2n) is 9.55. The van der Waals surface area contributed by atoms with E-state index in [1.54, 1.807) is 36.5 Å². The molecule has 0 spiro atoms. The van der Waals surface area contributed by atoms with Gasteiger partial charge in [-0.25, -0.2) is 9.38 Å². The second-order valence-corrected chi connectivity index (χ2v) is 9.55. The Hall–Kier alpha value is -3.91. The lowest BCUT2D eigenvalue weighted by molar-refractivity contribution is -0.125. The molecule has 1 aromatic carbocycles. The molecule has 1 atom stereocenters. The van der Waals surface area contributed by atoms with E-state index in [0.29, 0.717) is 45.8 Å². The molecule has 4 rings (SSSR count). The molecule has 1 aromatic heterocycles. The van der Waals surface area contributed by atoms with Gasteiger partial charge in [0, 0.05) is 49.8 Å². The first-order valence-electron chi connectivity index (χ1n) is 14.2. The molecule has 8 heteroatoms. The van der Waals surface area contributed by atoms with Gasteiger partial charge >= 0.3 is 0 Å². The standard InChI is InChI=1S/C30H33FN4O2.C2H6.CH4O/c1-5-25-17-28(30(37)35-14-8-6-7-9-21(35)3)33-29(34(25)4)15-20(2)26-13-11-22(16-27(26)31)23-10-12-24(19-36)32-18-23;2*1-2/h10-13,15-19,21H,2,5-9,14H2,1,3-4H3;1-2H3;2H,1H3/b29-15-;;. The number of nitrogens with zero attached hydrogens (tertiary/aromatic N) is 4. The molecule has 0 bridgehead atoms. The van der Waals surface area contributed by atoms with Crippen LogP contribution < -0.4 is 0 Å². The smallest absolute Gasteiger partial charge is 0.272 e. The third-order valence-electron chi connectivity index (χ3n) is 7.07. The topological polar surface area (TPSA) is 86.1 Å². The van der Waals surface area contributed by atoms with Crippen molar-refractivity contribution in [3.05, 3.63) is 83.9 Å². The van der Waals surface area contributed by atoms with Crippen molar-refractivity contribution >= 4 is 23.5 Å². The Morgan fingerprint density at radius 3 is 2.46 bits per heavy atom. The van der Waals surface area contributed by atoms with Gasteiger partial charge in [-0.3, -0.25) is 14.6 Å². The highest BCUT2D eigenvalue weighted by Crippen LogP contribution is 2.29. The number of aliphatic hydroxyl groups is 1. The third kappa shape index (κ3) is 8.30. The van der Waals surface area contributed by atoms with E-state index in [1.165, 1.54) is 6.07 Å². The summed E-state index contributed by atoms with van der Waals surface area (Å²) < 4.78 is 15.2. The van der Waals surface area contributed by atoms with Gasteiger partial charge in [-0.15, -0.1) is 0 Å². The highest BCUT2D eigenvalue weighted by Gasteiger charge is 2.28. The van der Waals surface area contributed by atoms with E-state index in [9.17, 15) is 9.59 Å². The number of likely N-dealkylation sites (tertiary alicyclic amines) is 1. The molecule has 1 unspecified atom stereocenters. The van der Waals surface area contributed by atoms with Crippen LogP contribution in [0.1, 0.15) is 75.9 Å². The number of carbonyl (C=O) groups is 2. The SMILES string of the molecule is C=C(/C=C1/N=C(C(=O)N2CCCCCC2C)C=C(CC)N1C)c1ccc(-c2ccc(C=O)nc2)cc1F.CC.CO. The van der Waals surface area contributed by atoms with Crippen LogP contribution in [-0.4, -0.2) is 64.5 Å². The summed E-state index contributed by atoms with van der Waals surface area (Å²) in [5.74, 6) is 0.0595. The van der Waals surface area contributed by atoms with Gasteiger partial charge < -0.3 is 14.9 Å². The fourth-order valence-electron chi connectivity index (χ4n) is 4.77. The van der Waals surface area contributed by atoms with E-state index in [2.05, 4.69) is 18.5 Å². The van der Waals surface area contributed by atoms with Gasteiger partial charge in [-0.1, -0.05) is 58.4 Å². The van der Waals surface area contributed by atoms with E-state index >= 15 is 4.39 Å². The first-order chi connectivity index (χ1) is 19.8. The molecule has 220 valence electrons. The van der Waals surface area contributed by atoms with Gasteiger partial charge in [0.05, 0.1) is 0 Å². The summed E-state index contributed by atoms with van der Waals surface area (Å²) in [6, 6.07) is 8.40. The van der Waals surface area contributed by atoms with Crippen LogP contribution in [0.15, 0.2) is 71.8 Å². The lowest BCUT2D eigenvalue weighted by Gasteiger charge is -2.31. The van der Waals surface area contributed by atoms with Crippen LogP contribution >= 0.6 is 0 Å². The molecule has 0 saturated carbocycles. The van der Waals surface area contributed by atoms with Crippen LogP contribution in [0.3, 0.4) is 0 Å². The zero-order valence-corrected chi connectivity index (χ0v) is 25.2. The largest absolute Gasteiger partial charge is 0.400 e. The Labute approximate surface area is 243 Å². The number of aliphatic hydroxyl groups excluding tert-OH is 1. The minimum Gasteiger partial charge on any atom is -0.400 e. The molecule has 1 fully saturated rings. The van der Waals surface area contributed by atoms with E-state index in [4.69, 9.17) is 10.1 Å². The van der Waals surface area contributed by atoms with Crippen molar-refractivity contribution in [1.29, 1.82) is 0 Å². The molecule has 2 aromatic rings. The second kappa shape index (κ2) is 16.4. The maximum absolute atomic E-state index is 15.2. The number of pyridine rings is 1. The summed E-state index contributed by atoms with van der Waals surface area (Å²) in [5, 5.41) is 7.00. The van der Waals surface area contributed by atoms with Crippen molar-refractivity contribution in [1.82, 2.24) is 14.8 Å². The van der Waals surface area contributed by atoms with Crippen molar-refractivity contribution in [2.24, 2.45) is 4.99 Å². The van der Waals surface area contributed by atoms with Crippen molar-refractivity contribution in [3.8, 4) is 11.1 Å². The fourth-order valence-corrected chi connectivity index (χ4v) is 4.77. The highest BCUT2D eigenvalue weighted by molar-refractivity contribution is 6.43. The first kappa shape index (κ1) is 33.3. The predicted molar refractivity (Wildman–Crippen MR) is 165 cm³/mol. The number of hydrogen-bond donors (Lipinski definition) is 1. The van der Waals surface area contributed by atoms with Gasteiger partial charge in [0.15, 0.2) is 6.29 Å². The van der Waals surface area contributed by atoms with E-state index in [0.717, 1.165) is 51.5 Å². The molecule has 3 heterocycles. The maximum Gasteiger partial charge on any atom is 0.272 e. The van der Waals surface area contributed by atoms with Crippen molar-refractivity contribution in [2.75, 3.05) is 20.7 Å². The number of allylic oxidation sites excluding steroid dienone is 3. The number of carbonyl (C=O) groups excluding carboxylic acids is 2. The van der Waals surface area contributed by atoms with Crippen LogP contribution in [-0.2, 0) is 4.79 Å². The number of halogens is 1. The zero-order valence-electron chi connectivity index (χ0n) is 25.2. The van der Waals surface area contributed by atoms with Crippen LogP contribution in [0.25, 0.3) is 16.7 Å². The molecule has 2 aliphatic rings. The van der Waals surface area contributed by atoms with Crippen LogP contribution in [0.2, 0.25) is 0 Å². The minimum absolute atomic E-state index is 0.0605. The van der Waals surface area contributed by atoms with Gasteiger partial charge in [-0.05, 0) is 61.6 Å². The lowest BCUT2D eigenvalue weighted by atomic mass is 10.0. The zero-order chi connectivity index (χ0) is 30.5. The van der Waals surface area contributed by atoms with E-state index in [1.807, 2.05) is 43.7 Å². The molecule has 1 N–H and O–H groups in total.